The predicted octanol–water partition coefficient (Wildman–Crippen LogP) is 4.37. The first-order chi connectivity index (χ1) is 15.2. The number of nitrogens with zero attached hydrogens (tertiary/aromatic N) is 2. The molecular weight excluding hydrogens is 408 g/mol. The van der Waals surface area contributed by atoms with Crippen LogP contribution in [0.25, 0.3) is 0 Å². The van der Waals surface area contributed by atoms with Crippen LogP contribution < -0.4 is 10.6 Å². The Morgan fingerprint density at radius 1 is 0.719 bits per heavy atom. The molecule has 0 saturated carbocycles. The number of hydrogen-bond donors (Lipinski definition) is 2. The second-order valence-electron chi connectivity index (χ2n) is 9.23. The smallest absolute Gasteiger partial charge is 0.343 e. The van der Waals surface area contributed by atoms with Gasteiger partial charge in [-0.15, -0.1) is 0 Å². The third-order valence-electron chi connectivity index (χ3n) is 5.99. The van der Waals surface area contributed by atoms with Gasteiger partial charge < -0.3 is 20.1 Å². The summed E-state index contributed by atoms with van der Waals surface area (Å²) in [7, 11) is 0. The molecule has 0 unspecified atom stereocenters. The Labute approximate surface area is 188 Å². The van der Waals surface area contributed by atoms with Gasteiger partial charge >= 0.3 is 11.9 Å². The van der Waals surface area contributed by atoms with Gasteiger partial charge in [-0.2, -0.15) is 0 Å². The van der Waals surface area contributed by atoms with Crippen molar-refractivity contribution in [2.45, 2.75) is 64.6 Å². The van der Waals surface area contributed by atoms with E-state index in [2.05, 4.69) is 20.6 Å². The Bertz CT molecular complexity index is 965. The van der Waals surface area contributed by atoms with Crippen molar-refractivity contribution in [3.63, 3.8) is 0 Å². The molecule has 0 fully saturated rings. The van der Waals surface area contributed by atoms with Gasteiger partial charge in [-0.25, -0.2) is 19.6 Å². The van der Waals surface area contributed by atoms with Crippen molar-refractivity contribution in [2.75, 3.05) is 23.7 Å². The summed E-state index contributed by atoms with van der Waals surface area (Å²) in [6.45, 7) is 9.02. The van der Waals surface area contributed by atoms with E-state index in [0.717, 1.165) is 49.9 Å². The second kappa shape index (κ2) is 8.41. The molecule has 0 aromatic carbocycles. The summed E-state index contributed by atoms with van der Waals surface area (Å²) >= 11 is 0. The molecule has 2 N–H and O–H groups in total. The minimum Gasteiger partial charge on any atom is -0.451 e. The van der Waals surface area contributed by atoms with Crippen molar-refractivity contribution in [1.29, 1.82) is 0 Å². The van der Waals surface area contributed by atoms with Crippen molar-refractivity contribution in [3.05, 3.63) is 46.8 Å². The van der Waals surface area contributed by atoms with E-state index in [0.29, 0.717) is 22.8 Å². The molecule has 0 amide bonds. The molecule has 8 nitrogen and oxygen atoms in total. The van der Waals surface area contributed by atoms with Crippen molar-refractivity contribution in [2.24, 2.45) is 0 Å². The number of anilines is 2. The number of esters is 2. The first-order valence-electron chi connectivity index (χ1n) is 11.1. The molecule has 2 aromatic rings. The van der Waals surface area contributed by atoms with E-state index in [-0.39, 0.29) is 11.9 Å². The summed E-state index contributed by atoms with van der Waals surface area (Å²) in [6, 6.07) is 3.69. The lowest BCUT2D eigenvalue weighted by molar-refractivity contribution is 0.00845. The van der Waals surface area contributed by atoms with Gasteiger partial charge in [0.1, 0.15) is 34.0 Å². The Kier molecular flexibility index (Phi) is 5.79. The zero-order valence-corrected chi connectivity index (χ0v) is 19.1. The van der Waals surface area contributed by atoms with Crippen LogP contribution in [0.2, 0.25) is 0 Å². The van der Waals surface area contributed by atoms with E-state index in [1.807, 2.05) is 39.8 Å². The fourth-order valence-corrected chi connectivity index (χ4v) is 4.30. The van der Waals surface area contributed by atoms with Crippen LogP contribution in [0.3, 0.4) is 0 Å². The van der Waals surface area contributed by atoms with Gasteiger partial charge in [-0.05, 0) is 52.7 Å². The number of cyclic esters (lactones) is 2. The van der Waals surface area contributed by atoms with Crippen LogP contribution in [-0.4, -0.2) is 35.0 Å². The highest BCUT2D eigenvalue weighted by Crippen LogP contribution is 2.39. The number of nitrogens with one attached hydrogen (secondary N) is 2. The number of hydrogen-bond acceptors (Lipinski definition) is 8. The zero-order chi connectivity index (χ0) is 22.9. The first kappa shape index (κ1) is 22.0. The molecular formula is C24H30N4O4. The van der Waals surface area contributed by atoms with E-state index in [4.69, 9.17) is 9.47 Å². The number of aromatic nitrogens is 2. The maximum Gasteiger partial charge on any atom is 0.343 e. The number of fused-ring (bicyclic) bond motifs is 2. The summed E-state index contributed by atoms with van der Waals surface area (Å²) in [5.41, 5.74) is 1.62. The Hall–Kier alpha value is -3.16. The molecule has 2 aliphatic rings. The standard InChI is InChI=1S/C24H30N4O4/c1-23(2)15-9-13-27-19(17(15)21(29)31-23)25-11-7-5-6-8-12-26-20-18-16(10-14-28-20)24(3,4)32-22(18)30/h9-10,13-14H,5-8,11-12H2,1-4H3,(H,25,27)(H,26,28). The van der Waals surface area contributed by atoms with Crippen LogP contribution in [0.15, 0.2) is 24.5 Å². The number of carbonyl (C=O) groups excluding carboxylic acids is 2. The highest BCUT2D eigenvalue weighted by molar-refractivity contribution is 6.00. The molecule has 0 spiro atoms. The van der Waals surface area contributed by atoms with Crippen LogP contribution in [0.4, 0.5) is 11.6 Å². The molecule has 4 rings (SSSR count). The van der Waals surface area contributed by atoms with Crippen LogP contribution in [0.5, 0.6) is 0 Å². The molecule has 0 radical (unpaired) electrons. The van der Waals surface area contributed by atoms with Gasteiger partial charge in [0.15, 0.2) is 0 Å². The summed E-state index contributed by atoms with van der Waals surface area (Å²) in [5.74, 6) is 0.553. The number of pyridine rings is 2. The third-order valence-corrected chi connectivity index (χ3v) is 5.99. The topological polar surface area (TPSA) is 102 Å². The molecule has 0 aliphatic carbocycles. The van der Waals surface area contributed by atoms with Gasteiger partial charge in [0.25, 0.3) is 0 Å². The summed E-state index contributed by atoms with van der Waals surface area (Å²) < 4.78 is 10.9. The predicted molar refractivity (Wildman–Crippen MR) is 121 cm³/mol. The highest BCUT2D eigenvalue weighted by atomic mass is 16.6. The quantitative estimate of drug-likeness (QED) is 0.439. The molecule has 0 saturated heterocycles. The minimum absolute atomic E-state index is 0.319. The van der Waals surface area contributed by atoms with E-state index in [1.165, 1.54) is 0 Å². The van der Waals surface area contributed by atoms with Crippen molar-refractivity contribution >= 4 is 23.6 Å². The number of carbonyl (C=O) groups is 2. The van der Waals surface area contributed by atoms with E-state index >= 15 is 0 Å². The average molecular weight is 439 g/mol. The summed E-state index contributed by atoms with van der Waals surface area (Å²) in [4.78, 5) is 33.1. The molecule has 4 heterocycles. The minimum atomic E-state index is -0.612. The maximum absolute atomic E-state index is 12.2. The van der Waals surface area contributed by atoms with Gasteiger partial charge in [0.2, 0.25) is 0 Å². The van der Waals surface area contributed by atoms with Crippen molar-refractivity contribution in [3.8, 4) is 0 Å². The lowest BCUT2D eigenvalue weighted by atomic mass is 9.97. The lowest BCUT2D eigenvalue weighted by Gasteiger charge is -2.17. The lowest BCUT2D eigenvalue weighted by Crippen LogP contribution is -2.15. The van der Waals surface area contributed by atoms with Crippen LogP contribution in [0, 0.1) is 0 Å². The van der Waals surface area contributed by atoms with Gasteiger partial charge in [0, 0.05) is 36.6 Å². The van der Waals surface area contributed by atoms with Gasteiger partial charge in [-0.3, -0.25) is 0 Å². The number of ether oxygens (including phenoxy) is 2. The normalized spacial score (nSPS) is 17.4. The summed E-state index contributed by atoms with van der Waals surface area (Å²) in [5, 5.41) is 6.56. The SMILES string of the molecule is CC1(C)OC(=O)c2c1ccnc2NCCCCCCNc1nccc2c1C(=O)OC2(C)C. The Morgan fingerprint density at radius 3 is 1.53 bits per heavy atom. The average Bonchev–Trinajstić information content (AvgIpc) is 3.12. The number of unbranched alkanes of at least 4 members (excludes halogenated alkanes) is 3. The van der Waals surface area contributed by atoms with Gasteiger partial charge in [0.05, 0.1) is 0 Å². The molecule has 32 heavy (non-hydrogen) atoms. The van der Waals surface area contributed by atoms with Gasteiger partial charge in [-0.1, -0.05) is 12.8 Å². The Morgan fingerprint density at radius 2 is 1.12 bits per heavy atom. The molecule has 170 valence electrons. The summed E-state index contributed by atoms with van der Waals surface area (Å²) in [6.07, 6.45) is 7.42. The van der Waals surface area contributed by atoms with E-state index < -0.39 is 11.2 Å². The van der Waals surface area contributed by atoms with E-state index in [1.54, 1.807) is 12.4 Å². The van der Waals surface area contributed by atoms with Crippen molar-refractivity contribution < 1.29 is 19.1 Å². The molecule has 8 heteroatoms. The maximum atomic E-state index is 12.2. The fourth-order valence-electron chi connectivity index (χ4n) is 4.30. The fraction of sp³-hybridized carbons (Fsp3) is 0.500. The van der Waals surface area contributed by atoms with Crippen LogP contribution in [0.1, 0.15) is 85.2 Å². The third kappa shape index (κ3) is 4.13. The molecule has 0 bridgehead atoms. The molecule has 2 aliphatic heterocycles. The molecule has 0 atom stereocenters. The Balaban J connectivity index is 1.20. The first-order valence-corrected chi connectivity index (χ1v) is 11.1. The largest absolute Gasteiger partial charge is 0.451 e. The van der Waals surface area contributed by atoms with Crippen LogP contribution >= 0.6 is 0 Å². The highest BCUT2D eigenvalue weighted by Gasteiger charge is 2.40. The van der Waals surface area contributed by atoms with Crippen LogP contribution in [-0.2, 0) is 20.7 Å². The zero-order valence-electron chi connectivity index (χ0n) is 19.1. The van der Waals surface area contributed by atoms with Crippen molar-refractivity contribution in [1.82, 2.24) is 9.97 Å². The monoisotopic (exact) mass is 438 g/mol. The molecule has 2 aromatic heterocycles. The second-order valence-corrected chi connectivity index (χ2v) is 9.23. The van der Waals surface area contributed by atoms with E-state index in [9.17, 15) is 9.59 Å². The number of rotatable bonds is 9.